The summed E-state index contributed by atoms with van der Waals surface area (Å²) in [6.07, 6.45) is 1.27. The monoisotopic (exact) mass is 291 g/mol. The molecule has 7 nitrogen and oxygen atoms in total. The minimum Gasteiger partial charge on any atom is -0.478 e. The predicted octanol–water partition coefficient (Wildman–Crippen LogP) is 1.10. The van der Waals surface area contributed by atoms with Crippen LogP contribution >= 0.6 is 22.9 Å². The third kappa shape index (κ3) is 2.60. The third-order valence-electron chi connectivity index (χ3n) is 1.68. The van der Waals surface area contributed by atoms with E-state index in [2.05, 4.69) is 14.3 Å². The zero-order valence-electron chi connectivity index (χ0n) is 8.02. The van der Waals surface area contributed by atoms with Gasteiger partial charge in [-0.15, -0.1) is 16.4 Å². The quantitative estimate of drug-likeness (QED) is 0.873. The van der Waals surface area contributed by atoms with Gasteiger partial charge in [0.2, 0.25) is 0 Å². The molecule has 2 N–H and O–H groups in total. The Morgan fingerprint density at radius 1 is 1.47 bits per heavy atom. The first-order valence-electron chi connectivity index (χ1n) is 4.11. The van der Waals surface area contributed by atoms with E-state index in [1.54, 1.807) is 0 Å². The van der Waals surface area contributed by atoms with Crippen LogP contribution in [0.3, 0.4) is 0 Å². The lowest BCUT2D eigenvalue weighted by atomic mass is 10.4. The van der Waals surface area contributed by atoms with Gasteiger partial charge in [-0.05, 0) is 6.07 Å². The molecule has 0 amide bonds. The molecule has 0 radical (unpaired) electrons. The Balaban J connectivity index is 2.28. The zero-order chi connectivity index (χ0) is 12.5. The van der Waals surface area contributed by atoms with Crippen molar-refractivity contribution in [3.8, 4) is 0 Å². The molecule has 0 fully saturated rings. The van der Waals surface area contributed by atoms with E-state index < -0.39 is 16.0 Å². The molecule has 0 unspecified atom stereocenters. The van der Waals surface area contributed by atoms with Crippen LogP contribution in [0.1, 0.15) is 10.4 Å². The Morgan fingerprint density at radius 2 is 2.24 bits per heavy atom. The molecule has 2 heterocycles. The van der Waals surface area contributed by atoms with Crippen LogP contribution in [0, 0.1) is 0 Å². The number of rotatable bonds is 4. The molecule has 0 aliphatic heterocycles. The third-order valence-corrected chi connectivity index (χ3v) is 5.20. The Labute approximate surface area is 104 Å². The summed E-state index contributed by atoms with van der Waals surface area (Å²) in [5.41, 5.74) is -0.0576. The largest absolute Gasteiger partial charge is 0.478 e. The van der Waals surface area contributed by atoms with Crippen LogP contribution in [0.25, 0.3) is 0 Å². The lowest BCUT2D eigenvalue weighted by Gasteiger charge is -2.00. The fourth-order valence-electron chi connectivity index (χ4n) is 0.964. The van der Waals surface area contributed by atoms with Crippen molar-refractivity contribution in [3.05, 3.63) is 23.2 Å². The molecule has 10 heteroatoms. The Bertz CT molecular complexity index is 631. The number of thiophene rings is 1. The molecule has 0 aliphatic rings. The fourth-order valence-corrected chi connectivity index (χ4v) is 3.80. The van der Waals surface area contributed by atoms with Crippen molar-refractivity contribution >= 4 is 43.9 Å². The van der Waals surface area contributed by atoms with Gasteiger partial charge in [-0.25, -0.2) is 13.2 Å². The first kappa shape index (κ1) is 12.0. The van der Waals surface area contributed by atoms with Crippen molar-refractivity contribution in [1.29, 1.82) is 0 Å². The van der Waals surface area contributed by atoms with Crippen LogP contribution in [-0.4, -0.2) is 29.1 Å². The maximum atomic E-state index is 11.8. The highest BCUT2D eigenvalue weighted by molar-refractivity contribution is 7.94. The second-order valence-corrected chi connectivity index (χ2v) is 6.45. The lowest BCUT2D eigenvalue weighted by molar-refractivity contribution is 0.0697. The number of sulfonamides is 1. The number of hydrogen-bond acceptors (Lipinski definition) is 7. The molecule has 0 bridgehead atoms. The highest BCUT2D eigenvalue weighted by Crippen LogP contribution is 2.23. The van der Waals surface area contributed by atoms with Crippen LogP contribution < -0.4 is 4.72 Å². The van der Waals surface area contributed by atoms with Crippen LogP contribution in [0.2, 0.25) is 0 Å². The van der Waals surface area contributed by atoms with Gasteiger partial charge >= 0.3 is 5.97 Å². The molecular formula is C7H5N3O4S3. The molecule has 0 atom stereocenters. The van der Waals surface area contributed by atoms with Gasteiger partial charge in [0.25, 0.3) is 10.0 Å². The summed E-state index contributed by atoms with van der Waals surface area (Å²) in [6, 6.07) is 1.10. The molecule has 90 valence electrons. The highest BCUT2D eigenvalue weighted by atomic mass is 32.2. The number of aromatic carboxylic acids is 1. The van der Waals surface area contributed by atoms with E-state index in [0.717, 1.165) is 28.9 Å². The van der Waals surface area contributed by atoms with Crippen LogP contribution in [0.5, 0.6) is 0 Å². The second-order valence-electron chi connectivity index (χ2n) is 2.85. The maximum Gasteiger partial charge on any atom is 0.336 e. The number of carboxylic acid groups (broad SMARTS) is 1. The summed E-state index contributed by atoms with van der Waals surface area (Å²) < 4.78 is 29.3. The molecule has 0 aromatic carbocycles. The first-order chi connectivity index (χ1) is 7.99. The molecule has 2 aromatic rings. The van der Waals surface area contributed by atoms with E-state index in [0.29, 0.717) is 0 Å². The fraction of sp³-hybridized carbons (Fsp3) is 0. The van der Waals surface area contributed by atoms with E-state index in [1.165, 1.54) is 11.6 Å². The van der Waals surface area contributed by atoms with Crippen molar-refractivity contribution in [2.75, 3.05) is 4.72 Å². The highest BCUT2D eigenvalue weighted by Gasteiger charge is 2.19. The standard InChI is InChI=1S/C7H5N3O4S3/c11-7(12)4-1-6(15-3-4)17(13,14)9-5-2-8-10-16-5/h1-3,9H,(H,11,12). The molecule has 0 saturated heterocycles. The van der Waals surface area contributed by atoms with Crippen molar-refractivity contribution in [2.45, 2.75) is 4.21 Å². The number of nitrogens with one attached hydrogen (secondary N) is 1. The number of aromatic nitrogens is 2. The molecule has 2 rings (SSSR count). The van der Waals surface area contributed by atoms with Crippen molar-refractivity contribution in [1.82, 2.24) is 9.59 Å². The number of carboxylic acids is 1. The summed E-state index contributed by atoms with van der Waals surface area (Å²) in [7, 11) is -3.76. The smallest absolute Gasteiger partial charge is 0.336 e. The van der Waals surface area contributed by atoms with Crippen LogP contribution in [0.4, 0.5) is 5.00 Å². The van der Waals surface area contributed by atoms with Gasteiger partial charge in [-0.2, -0.15) is 0 Å². The molecule has 0 spiro atoms. The molecule has 0 aliphatic carbocycles. The zero-order valence-corrected chi connectivity index (χ0v) is 10.5. The molecule has 0 saturated carbocycles. The van der Waals surface area contributed by atoms with Crippen molar-refractivity contribution in [2.24, 2.45) is 0 Å². The molecular weight excluding hydrogens is 286 g/mol. The Morgan fingerprint density at radius 3 is 2.76 bits per heavy atom. The van der Waals surface area contributed by atoms with Gasteiger partial charge < -0.3 is 5.11 Å². The number of hydrogen-bond donors (Lipinski definition) is 2. The van der Waals surface area contributed by atoms with E-state index in [9.17, 15) is 13.2 Å². The first-order valence-corrected chi connectivity index (χ1v) is 7.24. The minimum atomic E-state index is -3.76. The number of carbonyl (C=O) groups is 1. The second kappa shape index (κ2) is 4.39. The summed E-state index contributed by atoms with van der Waals surface area (Å²) >= 11 is 1.73. The molecule has 2 aromatic heterocycles. The topological polar surface area (TPSA) is 109 Å². The van der Waals surface area contributed by atoms with Crippen molar-refractivity contribution in [3.63, 3.8) is 0 Å². The number of nitrogens with zero attached hydrogens (tertiary/aromatic N) is 2. The van der Waals surface area contributed by atoms with Crippen LogP contribution in [0.15, 0.2) is 21.9 Å². The van der Waals surface area contributed by atoms with Gasteiger partial charge in [-0.1, -0.05) is 4.49 Å². The van der Waals surface area contributed by atoms with E-state index >= 15 is 0 Å². The average molecular weight is 291 g/mol. The summed E-state index contributed by atoms with van der Waals surface area (Å²) in [6.45, 7) is 0. The van der Waals surface area contributed by atoms with Gasteiger partial charge in [0, 0.05) is 16.9 Å². The SMILES string of the molecule is O=C(O)c1csc(S(=O)(=O)Nc2cnns2)c1. The Kier molecular flexibility index (Phi) is 3.09. The van der Waals surface area contributed by atoms with Crippen molar-refractivity contribution < 1.29 is 18.3 Å². The van der Waals surface area contributed by atoms with Crippen LogP contribution in [-0.2, 0) is 10.0 Å². The van der Waals surface area contributed by atoms with Gasteiger partial charge in [0.05, 0.1) is 11.8 Å². The van der Waals surface area contributed by atoms with Gasteiger partial charge in [-0.3, -0.25) is 4.72 Å². The molecule has 17 heavy (non-hydrogen) atoms. The normalized spacial score (nSPS) is 11.3. The van der Waals surface area contributed by atoms with E-state index in [-0.39, 0.29) is 14.8 Å². The van der Waals surface area contributed by atoms with E-state index in [4.69, 9.17) is 5.11 Å². The van der Waals surface area contributed by atoms with E-state index in [1.807, 2.05) is 0 Å². The number of anilines is 1. The Hall–Kier alpha value is -1.52. The lowest BCUT2D eigenvalue weighted by Crippen LogP contribution is -2.10. The predicted molar refractivity (Wildman–Crippen MR) is 62.0 cm³/mol. The summed E-state index contributed by atoms with van der Waals surface area (Å²) in [4.78, 5) is 10.6. The summed E-state index contributed by atoms with van der Waals surface area (Å²) in [5, 5.41) is 13.7. The summed E-state index contributed by atoms with van der Waals surface area (Å²) in [5.74, 6) is -1.16. The van der Waals surface area contributed by atoms with Gasteiger partial charge in [0.1, 0.15) is 9.21 Å². The van der Waals surface area contributed by atoms with Gasteiger partial charge in [0.15, 0.2) is 0 Å². The maximum absolute atomic E-state index is 11.8. The average Bonchev–Trinajstić information content (AvgIpc) is 2.84. The minimum absolute atomic E-state index is 0.0576.